The molecule has 1 aliphatic heterocycles. The van der Waals surface area contributed by atoms with E-state index in [1.807, 2.05) is 0 Å². The van der Waals surface area contributed by atoms with Gasteiger partial charge in [0.15, 0.2) is 12.2 Å². The Morgan fingerprint density at radius 2 is 1.56 bits per heavy atom. The van der Waals surface area contributed by atoms with Crippen molar-refractivity contribution >= 4 is 47.4 Å². The summed E-state index contributed by atoms with van der Waals surface area (Å²) < 4.78 is 31.2. The number of halogens is 1. The number of rotatable bonds is 9. The highest BCUT2D eigenvalue weighted by molar-refractivity contribution is 6.32. The van der Waals surface area contributed by atoms with E-state index in [2.05, 4.69) is 10.1 Å². The first-order valence-electron chi connectivity index (χ1n) is 10.1. The first-order valence-corrected chi connectivity index (χ1v) is 10.4. The standard InChI is InChI=1S/C20H28ClNO12/c1-9(23)22-16-14(31-11(3)25)7-20(21,19(28)29-6)34-18(16)17(33-13(5)27)15(32-12(4)26)8-30-10(2)24/h14-18H,7-8H2,1-6H3,(H,22,23)/t14-,15-,16+,17+,18+,20+/m0/s1. The Hall–Kier alpha value is -2.93. The summed E-state index contributed by atoms with van der Waals surface area (Å²) in [5.41, 5.74) is 0. The van der Waals surface area contributed by atoms with E-state index in [0.29, 0.717) is 0 Å². The molecule has 0 saturated carbocycles. The molecular formula is C20H28ClNO12. The van der Waals surface area contributed by atoms with Gasteiger partial charge in [0.25, 0.3) is 0 Å². The van der Waals surface area contributed by atoms with Crippen LogP contribution >= 0.6 is 11.6 Å². The summed E-state index contributed by atoms with van der Waals surface area (Å²) in [6.07, 6.45) is -6.29. The van der Waals surface area contributed by atoms with Gasteiger partial charge < -0.3 is 33.7 Å². The van der Waals surface area contributed by atoms with Crippen molar-refractivity contribution < 1.29 is 57.2 Å². The average Bonchev–Trinajstić information content (AvgIpc) is 2.69. The summed E-state index contributed by atoms with van der Waals surface area (Å²) >= 11 is 6.38. The highest BCUT2D eigenvalue weighted by Gasteiger charge is 2.57. The van der Waals surface area contributed by atoms with Crippen LogP contribution in [0.4, 0.5) is 0 Å². The van der Waals surface area contributed by atoms with E-state index in [4.69, 9.17) is 35.3 Å². The minimum Gasteiger partial charge on any atom is -0.466 e. The molecule has 192 valence electrons. The molecule has 1 amide bonds. The van der Waals surface area contributed by atoms with E-state index in [0.717, 1.165) is 41.7 Å². The zero-order valence-corrected chi connectivity index (χ0v) is 20.3. The number of carbonyl (C=O) groups excluding carboxylic acids is 6. The number of amides is 1. The number of alkyl halides is 1. The van der Waals surface area contributed by atoms with E-state index in [-0.39, 0.29) is 0 Å². The second-order valence-electron chi connectivity index (χ2n) is 7.41. The van der Waals surface area contributed by atoms with Crippen LogP contribution in [0.15, 0.2) is 0 Å². The summed E-state index contributed by atoms with van der Waals surface area (Å²) in [5, 5.41) is 0.276. The van der Waals surface area contributed by atoms with Gasteiger partial charge in [0, 0.05) is 41.0 Å². The van der Waals surface area contributed by atoms with Crippen molar-refractivity contribution in [3.8, 4) is 0 Å². The highest BCUT2D eigenvalue weighted by Crippen LogP contribution is 2.38. The number of hydrogen-bond donors (Lipinski definition) is 1. The topological polar surface area (TPSA) is 170 Å². The van der Waals surface area contributed by atoms with E-state index < -0.39 is 84.3 Å². The lowest BCUT2D eigenvalue weighted by Crippen LogP contribution is -2.67. The quantitative estimate of drug-likeness (QED) is 0.246. The second kappa shape index (κ2) is 12.5. The van der Waals surface area contributed by atoms with Crippen molar-refractivity contribution in [2.45, 2.75) is 76.6 Å². The zero-order chi connectivity index (χ0) is 26.2. The lowest BCUT2D eigenvalue weighted by molar-refractivity contribution is -0.225. The molecule has 0 bridgehead atoms. The number of methoxy groups -OCH3 is 1. The third-order valence-electron chi connectivity index (χ3n) is 4.48. The van der Waals surface area contributed by atoms with Crippen molar-refractivity contribution in [3.05, 3.63) is 0 Å². The third-order valence-corrected chi connectivity index (χ3v) is 4.88. The van der Waals surface area contributed by atoms with Gasteiger partial charge in [-0.25, -0.2) is 4.79 Å². The molecule has 6 atom stereocenters. The molecule has 1 aliphatic rings. The average molecular weight is 510 g/mol. The minimum atomic E-state index is -2.24. The van der Waals surface area contributed by atoms with E-state index in [1.54, 1.807) is 0 Å². The molecule has 1 heterocycles. The summed E-state index contributed by atoms with van der Waals surface area (Å²) in [5.74, 6) is -4.87. The predicted octanol–water partition coefficient (Wildman–Crippen LogP) is -0.254. The Labute approximate surface area is 200 Å². The number of nitrogens with one attached hydrogen (secondary N) is 1. The maximum Gasteiger partial charge on any atom is 0.354 e. The van der Waals surface area contributed by atoms with Crippen molar-refractivity contribution in [2.75, 3.05) is 13.7 Å². The maximum atomic E-state index is 12.4. The number of ether oxygens (including phenoxy) is 6. The zero-order valence-electron chi connectivity index (χ0n) is 19.6. The summed E-state index contributed by atoms with van der Waals surface area (Å²) in [6.45, 7) is 4.87. The van der Waals surface area contributed by atoms with Crippen LogP contribution < -0.4 is 5.32 Å². The molecule has 0 aliphatic carbocycles. The first kappa shape index (κ1) is 29.1. The van der Waals surface area contributed by atoms with E-state index >= 15 is 0 Å². The molecule has 1 fully saturated rings. The van der Waals surface area contributed by atoms with Gasteiger partial charge in [-0.1, -0.05) is 11.6 Å². The second-order valence-corrected chi connectivity index (χ2v) is 8.02. The van der Waals surface area contributed by atoms with Gasteiger partial charge in [0.2, 0.25) is 11.0 Å². The van der Waals surface area contributed by atoms with E-state index in [9.17, 15) is 28.8 Å². The Balaban J connectivity index is 3.64. The molecule has 14 heteroatoms. The van der Waals surface area contributed by atoms with Gasteiger partial charge in [0.05, 0.1) is 13.2 Å². The number of carbonyl (C=O) groups is 6. The molecule has 0 aromatic carbocycles. The fraction of sp³-hybridized carbons (Fsp3) is 0.700. The molecule has 0 aromatic heterocycles. The van der Waals surface area contributed by atoms with Crippen LogP contribution in [-0.2, 0) is 57.2 Å². The molecule has 34 heavy (non-hydrogen) atoms. The molecule has 1 rings (SSSR count). The Bertz CT molecular complexity index is 817. The fourth-order valence-electron chi connectivity index (χ4n) is 3.38. The Kier molecular flexibility index (Phi) is 10.7. The normalized spacial score (nSPS) is 25.7. The van der Waals surface area contributed by atoms with Gasteiger partial charge >= 0.3 is 29.8 Å². The lowest BCUT2D eigenvalue weighted by atomic mass is 9.89. The van der Waals surface area contributed by atoms with Crippen LogP contribution in [0.3, 0.4) is 0 Å². The van der Waals surface area contributed by atoms with Crippen LogP contribution in [0.1, 0.15) is 41.0 Å². The van der Waals surface area contributed by atoms with E-state index in [1.165, 1.54) is 0 Å². The van der Waals surface area contributed by atoms with Crippen molar-refractivity contribution in [1.82, 2.24) is 5.32 Å². The summed E-state index contributed by atoms with van der Waals surface area (Å²) in [7, 11) is 1.04. The van der Waals surface area contributed by atoms with Crippen molar-refractivity contribution in [2.24, 2.45) is 0 Å². The summed E-state index contributed by atoms with van der Waals surface area (Å²) in [4.78, 5) is 71.2. The lowest BCUT2D eigenvalue weighted by Gasteiger charge is -2.46. The van der Waals surface area contributed by atoms with Gasteiger partial charge in [-0.05, 0) is 0 Å². The van der Waals surface area contributed by atoms with Gasteiger partial charge in [-0.15, -0.1) is 0 Å². The smallest absolute Gasteiger partial charge is 0.354 e. The Morgan fingerprint density at radius 3 is 2.00 bits per heavy atom. The molecular weight excluding hydrogens is 482 g/mol. The van der Waals surface area contributed by atoms with Crippen LogP contribution in [0.5, 0.6) is 0 Å². The SMILES string of the molecule is COC(=O)[C@@]1(Cl)C[C@H](OC(C)=O)[C@@H](NC(C)=O)[C@H]([C@H](OC(C)=O)[C@H](COC(C)=O)OC(C)=O)O1. The number of hydrogen-bond acceptors (Lipinski definition) is 12. The highest BCUT2D eigenvalue weighted by atomic mass is 35.5. The molecule has 0 unspecified atom stereocenters. The van der Waals surface area contributed by atoms with Crippen LogP contribution in [0, 0.1) is 0 Å². The molecule has 0 spiro atoms. The van der Waals surface area contributed by atoms with Crippen LogP contribution in [0.2, 0.25) is 0 Å². The predicted molar refractivity (Wildman–Crippen MR) is 111 cm³/mol. The molecule has 0 radical (unpaired) electrons. The van der Waals surface area contributed by atoms with Crippen molar-refractivity contribution in [1.29, 1.82) is 0 Å². The van der Waals surface area contributed by atoms with Gasteiger partial charge in [-0.2, -0.15) is 0 Å². The number of esters is 5. The monoisotopic (exact) mass is 509 g/mol. The summed E-state index contributed by atoms with van der Waals surface area (Å²) in [6, 6.07) is -1.24. The maximum absolute atomic E-state index is 12.4. The first-order chi connectivity index (χ1) is 15.7. The fourth-order valence-corrected chi connectivity index (χ4v) is 3.71. The van der Waals surface area contributed by atoms with Crippen LogP contribution in [0.25, 0.3) is 0 Å². The molecule has 0 aromatic rings. The molecule has 13 nitrogen and oxygen atoms in total. The minimum absolute atomic E-state index is 0.447. The molecule has 1 N–H and O–H groups in total. The largest absolute Gasteiger partial charge is 0.466 e. The van der Waals surface area contributed by atoms with Gasteiger partial charge in [-0.3, -0.25) is 24.0 Å². The molecule has 1 saturated heterocycles. The third kappa shape index (κ3) is 8.45. The van der Waals surface area contributed by atoms with Crippen LogP contribution in [-0.4, -0.2) is 85.0 Å². The Morgan fingerprint density at radius 1 is 0.971 bits per heavy atom. The van der Waals surface area contributed by atoms with Crippen molar-refractivity contribution in [3.63, 3.8) is 0 Å². The van der Waals surface area contributed by atoms with Gasteiger partial charge in [0.1, 0.15) is 18.8 Å².